The van der Waals surface area contributed by atoms with E-state index in [0.717, 1.165) is 5.39 Å². The molecule has 0 saturated carbocycles. The minimum Gasteiger partial charge on any atom is -0.481 e. The number of carboxylic acids is 1. The lowest BCUT2D eigenvalue weighted by atomic mass is 10.1. The van der Waals surface area contributed by atoms with Gasteiger partial charge >= 0.3 is 5.97 Å². The number of fused-ring (bicyclic) bond motifs is 1. The van der Waals surface area contributed by atoms with E-state index in [1.54, 1.807) is 35.0 Å². The topological polar surface area (TPSA) is 55.1 Å². The van der Waals surface area contributed by atoms with Crippen LogP contribution in [0, 0.1) is 5.82 Å². The maximum atomic E-state index is 14.1. The molecule has 0 radical (unpaired) electrons. The van der Waals surface area contributed by atoms with Gasteiger partial charge in [0, 0.05) is 22.4 Å². The highest BCUT2D eigenvalue weighted by atomic mass is 35.5. The third-order valence-electron chi connectivity index (χ3n) is 3.96. The van der Waals surface area contributed by atoms with Crippen LogP contribution >= 0.6 is 11.6 Å². The van der Waals surface area contributed by atoms with Crippen molar-refractivity contribution in [1.82, 2.24) is 9.78 Å². The molecule has 0 aliphatic carbocycles. The molecule has 25 heavy (non-hydrogen) atoms. The standard InChI is InChI=1S/C18H15ClF2N2O2/c19-13-3-2-12(15(21)8-13)10-23-17-7-11(9-20)1-4-14(17)16(22-23)5-6-18(24)25/h1-4,7-8H,5-6,9-10H2,(H,24,25). The molecule has 1 aromatic heterocycles. The second-order valence-electron chi connectivity index (χ2n) is 5.72. The molecule has 0 amide bonds. The van der Waals surface area contributed by atoms with Gasteiger partial charge in [-0.2, -0.15) is 5.10 Å². The average molecular weight is 365 g/mol. The van der Waals surface area contributed by atoms with Crippen molar-refractivity contribution >= 4 is 28.5 Å². The predicted molar refractivity (Wildman–Crippen MR) is 91.0 cm³/mol. The number of hydrogen-bond donors (Lipinski definition) is 1. The van der Waals surface area contributed by atoms with E-state index < -0.39 is 18.5 Å². The molecule has 0 aliphatic rings. The summed E-state index contributed by atoms with van der Waals surface area (Å²) < 4.78 is 28.6. The number of halogens is 3. The lowest BCUT2D eigenvalue weighted by Gasteiger charge is -2.06. The Morgan fingerprint density at radius 2 is 2.04 bits per heavy atom. The van der Waals surface area contributed by atoms with Crippen molar-refractivity contribution in [2.75, 3.05) is 0 Å². The van der Waals surface area contributed by atoms with Crippen LogP contribution in [0.15, 0.2) is 36.4 Å². The maximum absolute atomic E-state index is 14.1. The van der Waals surface area contributed by atoms with Crippen LogP contribution in [0.1, 0.15) is 23.2 Å². The number of hydrogen-bond acceptors (Lipinski definition) is 2. The average Bonchev–Trinajstić information content (AvgIpc) is 2.92. The number of aromatic nitrogens is 2. The number of benzene rings is 2. The molecule has 0 atom stereocenters. The van der Waals surface area contributed by atoms with Crippen LogP contribution in [0.4, 0.5) is 8.78 Å². The maximum Gasteiger partial charge on any atom is 0.303 e. The van der Waals surface area contributed by atoms with Crippen molar-refractivity contribution in [3.05, 3.63) is 64.1 Å². The molecule has 0 unspecified atom stereocenters. The van der Waals surface area contributed by atoms with E-state index in [1.165, 1.54) is 6.07 Å². The Labute approximate surface area is 147 Å². The molecule has 0 spiro atoms. The van der Waals surface area contributed by atoms with Gasteiger partial charge < -0.3 is 5.11 Å². The zero-order chi connectivity index (χ0) is 18.0. The van der Waals surface area contributed by atoms with Crippen molar-refractivity contribution in [3.63, 3.8) is 0 Å². The van der Waals surface area contributed by atoms with E-state index in [4.69, 9.17) is 16.7 Å². The third kappa shape index (κ3) is 3.79. The van der Waals surface area contributed by atoms with Gasteiger partial charge in [-0.1, -0.05) is 29.8 Å². The molecule has 0 fully saturated rings. The molecule has 130 valence electrons. The second kappa shape index (κ2) is 7.19. The number of carbonyl (C=O) groups is 1. The summed E-state index contributed by atoms with van der Waals surface area (Å²) in [6, 6.07) is 9.40. The van der Waals surface area contributed by atoms with E-state index in [2.05, 4.69) is 5.10 Å². The van der Waals surface area contributed by atoms with Crippen LogP contribution < -0.4 is 0 Å². The molecular formula is C18H15ClF2N2O2. The molecule has 2 aromatic carbocycles. The van der Waals surface area contributed by atoms with Gasteiger partial charge in [0.15, 0.2) is 0 Å². The molecule has 3 aromatic rings. The second-order valence-corrected chi connectivity index (χ2v) is 6.16. The van der Waals surface area contributed by atoms with Gasteiger partial charge in [0.2, 0.25) is 0 Å². The zero-order valence-corrected chi connectivity index (χ0v) is 13.9. The van der Waals surface area contributed by atoms with Gasteiger partial charge in [-0.25, -0.2) is 8.78 Å². The molecule has 1 heterocycles. The number of aryl methyl sites for hydroxylation is 1. The van der Waals surface area contributed by atoms with E-state index in [9.17, 15) is 13.6 Å². The summed E-state index contributed by atoms with van der Waals surface area (Å²) in [7, 11) is 0. The van der Waals surface area contributed by atoms with E-state index >= 15 is 0 Å². The van der Waals surface area contributed by atoms with Crippen molar-refractivity contribution in [2.45, 2.75) is 26.1 Å². The van der Waals surface area contributed by atoms with E-state index in [-0.39, 0.29) is 19.4 Å². The summed E-state index contributed by atoms with van der Waals surface area (Å²) in [4.78, 5) is 10.8. The van der Waals surface area contributed by atoms with Crippen molar-refractivity contribution in [3.8, 4) is 0 Å². The number of rotatable bonds is 6. The first-order valence-electron chi connectivity index (χ1n) is 7.68. The lowest BCUT2D eigenvalue weighted by molar-refractivity contribution is -0.136. The first-order chi connectivity index (χ1) is 12.0. The molecule has 7 heteroatoms. The zero-order valence-electron chi connectivity index (χ0n) is 13.2. The van der Waals surface area contributed by atoms with E-state index in [1.807, 2.05) is 0 Å². The van der Waals surface area contributed by atoms with Crippen molar-refractivity contribution in [1.29, 1.82) is 0 Å². The minimum absolute atomic E-state index is 0.0632. The first-order valence-corrected chi connectivity index (χ1v) is 8.05. The number of nitrogens with zero attached hydrogens (tertiary/aromatic N) is 2. The van der Waals surface area contributed by atoms with Gasteiger partial charge in [0.05, 0.1) is 24.2 Å². The van der Waals surface area contributed by atoms with Gasteiger partial charge in [-0.3, -0.25) is 9.48 Å². The SMILES string of the molecule is O=C(O)CCc1nn(Cc2ccc(Cl)cc2F)c2cc(CF)ccc12. The summed E-state index contributed by atoms with van der Waals surface area (Å²) in [6.45, 7) is -0.483. The summed E-state index contributed by atoms with van der Waals surface area (Å²) in [5.74, 6) is -1.38. The highest BCUT2D eigenvalue weighted by Gasteiger charge is 2.14. The van der Waals surface area contributed by atoms with Crippen molar-refractivity contribution in [2.24, 2.45) is 0 Å². The molecule has 0 bridgehead atoms. The number of aliphatic carboxylic acids is 1. The van der Waals surface area contributed by atoms with Crippen LogP contribution in [0.5, 0.6) is 0 Å². The largest absolute Gasteiger partial charge is 0.481 e. The Morgan fingerprint density at radius 1 is 1.24 bits per heavy atom. The Hall–Kier alpha value is -2.47. The van der Waals surface area contributed by atoms with E-state index in [0.29, 0.717) is 27.4 Å². The van der Waals surface area contributed by atoms with Crippen LogP contribution in [-0.2, 0) is 24.4 Å². The van der Waals surface area contributed by atoms with Crippen LogP contribution in [0.3, 0.4) is 0 Å². The van der Waals surface area contributed by atoms with Gasteiger partial charge in [-0.15, -0.1) is 0 Å². The Morgan fingerprint density at radius 3 is 2.72 bits per heavy atom. The molecule has 0 saturated heterocycles. The number of carboxylic acid groups (broad SMARTS) is 1. The lowest BCUT2D eigenvalue weighted by Crippen LogP contribution is -2.05. The summed E-state index contributed by atoms with van der Waals surface area (Å²) in [5, 5.41) is 14.4. The molecule has 1 N–H and O–H groups in total. The summed E-state index contributed by atoms with van der Waals surface area (Å²) in [6.07, 6.45) is 0.184. The highest BCUT2D eigenvalue weighted by Crippen LogP contribution is 2.24. The quantitative estimate of drug-likeness (QED) is 0.707. The smallest absolute Gasteiger partial charge is 0.303 e. The summed E-state index contributed by atoms with van der Waals surface area (Å²) in [5.41, 5.74) is 2.11. The van der Waals surface area contributed by atoms with Crippen molar-refractivity contribution < 1.29 is 18.7 Å². The molecule has 4 nitrogen and oxygen atoms in total. The molecular weight excluding hydrogens is 350 g/mol. The fourth-order valence-corrected chi connectivity index (χ4v) is 2.87. The first kappa shape index (κ1) is 17.4. The van der Waals surface area contributed by atoms with Crippen LogP contribution in [-0.4, -0.2) is 20.9 Å². The minimum atomic E-state index is -0.924. The Bertz CT molecular complexity index is 940. The summed E-state index contributed by atoms with van der Waals surface area (Å²) >= 11 is 5.77. The fraction of sp³-hybridized carbons (Fsp3) is 0.222. The van der Waals surface area contributed by atoms with Crippen LogP contribution in [0.2, 0.25) is 5.02 Å². The van der Waals surface area contributed by atoms with Gasteiger partial charge in [-0.05, 0) is 23.8 Å². The highest BCUT2D eigenvalue weighted by molar-refractivity contribution is 6.30. The normalized spacial score (nSPS) is 11.2. The van der Waals surface area contributed by atoms with Gasteiger partial charge in [0.1, 0.15) is 12.5 Å². The Balaban J connectivity index is 2.04. The van der Waals surface area contributed by atoms with Gasteiger partial charge in [0.25, 0.3) is 0 Å². The number of alkyl halides is 1. The third-order valence-corrected chi connectivity index (χ3v) is 4.19. The monoisotopic (exact) mass is 364 g/mol. The Kier molecular flexibility index (Phi) is 4.99. The van der Waals surface area contributed by atoms with Crippen LogP contribution in [0.25, 0.3) is 10.9 Å². The predicted octanol–water partition coefficient (Wildman–Crippen LogP) is 4.36. The fourth-order valence-electron chi connectivity index (χ4n) is 2.71. The molecule has 0 aliphatic heterocycles. The molecule has 3 rings (SSSR count).